The lowest BCUT2D eigenvalue weighted by molar-refractivity contribution is -0.890. The molecule has 0 aromatic heterocycles. The Kier molecular flexibility index (Phi) is 7.11. The Morgan fingerprint density at radius 1 is 1.12 bits per heavy atom. The molecule has 134 valence electrons. The third kappa shape index (κ3) is 5.63. The molecule has 3 nitrogen and oxygen atoms in total. The van der Waals surface area contributed by atoms with Gasteiger partial charge in [0.1, 0.15) is 17.7 Å². The molecule has 0 saturated carbocycles. The van der Waals surface area contributed by atoms with Crippen molar-refractivity contribution in [3.8, 4) is 0 Å². The first-order chi connectivity index (χ1) is 11.9. The zero-order valence-corrected chi connectivity index (χ0v) is 15.6. The Morgan fingerprint density at radius 3 is 2.40 bits per heavy atom. The maximum Gasteiger partial charge on any atom is 0.166 e. The highest BCUT2D eigenvalue weighted by Gasteiger charge is 2.24. The fourth-order valence-electron chi connectivity index (χ4n) is 2.48. The van der Waals surface area contributed by atoms with E-state index in [9.17, 15) is 8.78 Å². The molecule has 3 N–H and O–H groups in total. The lowest BCUT2D eigenvalue weighted by atomic mass is 10.1. The zero-order chi connectivity index (χ0) is 18.4. The van der Waals surface area contributed by atoms with Crippen LogP contribution in [-0.2, 0) is 6.54 Å². The van der Waals surface area contributed by atoms with Crippen LogP contribution in [0.2, 0.25) is 5.02 Å². The summed E-state index contributed by atoms with van der Waals surface area (Å²) in [5.74, 6) is -0.603. The molecule has 0 spiro atoms. The SMILES string of the molecule is C[NH+](C)[C@@H](CNC(=S)NCc1ccc(F)cc1)c1c(F)cccc1Cl. The second kappa shape index (κ2) is 9.08. The molecular weight excluding hydrogens is 364 g/mol. The fraction of sp³-hybridized carbons (Fsp3) is 0.278. The molecule has 0 heterocycles. The quantitative estimate of drug-likeness (QED) is 0.668. The largest absolute Gasteiger partial charge is 0.359 e. The van der Waals surface area contributed by atoms with Gasteiger partial charge in [-0.15, -0.1) is 0 Å². The lowest BCUT2D eigenvalue weighted by Gasteiger charge is -2.24. The minimum Gasteiger partial charge on any atom is -0.359 e. The summed E-state index contributed by atoms with van der Waals surface area (Å²) in [5.41, 5.74) is 1.38. The van der Waals surface area contributed by atoms with Crippen molar-refractivity contribution in [2.45, 2.75) is 12.6 Å². The maximum atomic E-state index is 14.2. The average Bonchev–Trinajstić information content (AvgIpc) is 2.56. The van der Waals surface area contributed by atoms with Crippen molar-refractivity contribution in [2.24, 2.45) is 0 Å². The number of thiocarbonyl (C=S) groups is 1. The predicted octanol–water partition coefficient (Wildman–Crippen LogP) is 2.47. The standard InChI is InChI=1S/C18H20ClF2N3S/c1-24(2)16(17-14(19)4-3-5-15(17)21)11-23-18(25)22-10-12-6-8-13(20)9-7-12/h3-9,16H,10-11H2,1-2H3,(H2,22,23,25)/p+1/t16-/m0/s1. The Morgan fingerprint density at radius 2 is 1.80 bits per heavy atom. The summed E-state index contributed by atoms with van der Waals surface area (Å²) >= 11 is 11.4. The summed E-state index contributed by atoms with van der Waals surface area (Å²) in [7, 11) is 3.87. The van der Waals surface area contributed by atoms with E-state index in [1.165, 1.54) is 18.2 Å². The van der Waals surface area contributed by atoms with Gasteiger partial charge in [-0.3, -0.25) is 0 Å². The molecule has 25 heavy (non-hydrogen) atoms. The topological polar surface area (TPSA) is 28.5 Å². The molecule has 0 amide bonds. The predicted molar refractivity (Wildman–Crippen MR) is 101 cm³/mol. The van der Waals surface area contributed by atoms with E-state index in [1.54, 1.807) is 24.3 Å². The molecule has 2 aromatic rings. The molecule has 0 aliphatic heterocycles. The number of hydrogen-bond donors (Lipinski definition) is 3. The van der Waals surface area contributed by atoms with Crippen LogP contribution in [0.1, 0.15) is 17.2 Å². The summed E-state index contributed by atoms with van der Waals surface area (Å²) in [5, 5.41) is 7.00. The van der Waals surface area contributed by atoms with E-state index in [0.717, 1.165) is 10.5 Å². The monoisotopic (exact) mass is 384 g/mol. The highest BCUT2D eigenvalue weighted by atomic mass is 35.5. The van der Waals surface area contributed by atoms with Gasteiger partial charge < -0.3 is 15.5 Å². The first-order valence-electron chi connectivity index (χ1n) is 7.88. The first kappa shape index (κ1) is 19.6. The van der Waals surface area contributed by atoms with Crippen LogP contribution in [0, 0.1) is 11.6 Å². The number of rotatable bonds is 6. The second-order valence-electron chi connectivity index (χ2n) is 5.96. The van der Waals surface area contributed by atoms with Gasteiger partial charge in [-0.05, 0) is 42.0 Å². The van der Waals surface area contributed by atoms with Crippen molar-refractivity contribution in [3.05, 3.63) is 70.2 Å². The van der Waals surface area contributed by atoms with E-state index >= 15 is 0 Å². The highest BCUT2D eigenvalue weighted by Crippen LogP contribution is 2.23. The highest BCUT2D eigenvalue weighted by molar-refractivity contribution is 7.80. The Balaban J connectivity index is 1.94. The van der Waals surface area contributed by atoms with E-state index in [0.29, 0.717) is 28.8 Å². The maximum absolute atomic E-state index is 14.2. The van der Waals surface area contributed by atoms with Crippen LogP contribution in [0.5, 0.6) is 0 Å². The Labute approximate surface area is 157 Å². The van der Waals surface area contributed by atoms with Crippen LogP contribution in [0.4, 0.5) is 8.78 Å². The summed E-state index contributed by atoms with van der Waals surface area (Å²) < 4.78 is 27.1. The van der Waals surface area contributed by atoms with E-state index < -0.39 is 0 Å². The van der Waals surface area contributed by atoms with Crippen LogP contribution in [-0.4, -0.2) is 25.8 Å². The molecule has 2 rings (SSSR count). The van der Waals surface area contributed by atoms with Gasteiger partial charge >= 0.3 is 0 Å². The van der Waals surface area contributed by atoms with Crippen LogP contribution in [0.3, 0.4) is 0 Å². The van der Waals surface area contributed by atoms with Gasteiger partial charge in [-0.2, -0.15) is 0 Å². The van der Waals surface area contributed by atoms with Crippen molar-refractivity contribution in [2.75, 3.05) is 20.6 Å². The molecule has 0 unspecified atom stereocenters. The first-order valence-corrected chi connectivity index (χ1v) is 8.67. The molecule has 1 atom stereocenters. The van der Waals surface area contributed by atoms with Crippen molar-refractivity contribution in [1.29, 1.82) is 0 Å². The third-order valence-corrected chi connectivity index (χ3v) is 4.50. The van der Waals surface area contributed by atoms with Gasteiger partial charge in [0.2, 0.25) is 0 Å². The van der Waals surface area contributed by atoms with E-state index in [1.807, 2.05) is 14.1 Å². The van der Waals surface area contributed by atoms with Crippen LogP contribution < -0.4 is 15.5 Å². The fourth-order valence-corrected chi connectivity index (χ4v) is 2.93. The molecule has 2 aromatic carbocycles. The van der Waals surface area contributed by atoms with Gasteiger partial charge in [-0.1, -0.05) is 29.8 Å². The van der Waals surface area contributed by atoms with Crippen molar-refractivity contribution in [3.63, 3.8) is 0 Å². The molecule has 0 saturated heterocycles. The van der Waals surface area contributed by atoms with Gasteiger partial charge in [0.25, 0.3) is 0 Å². The Hall–Kier alpha value is -1.76. The van der Waals surface area contributed by atoms with Crippen molar-refractivity contribution in [1.82, 2.24) is 10.6 Å². The zero-order valence-electron chi connectivity index (χ0n) is 14.1. The average molecular weight is 385 g/mol. The molecule has 7 heteroatoms. The third-order valence-electron chi connectivity index (χ3n) is 3.88. The van der Waals surface area contributed by atoms with Crippen LogP contribution in [0.15, 0.2) is 42.5 Å². The summed E-state index contributed by atoms with van der Waals surface area (Å²) in [4.78, 5) is 1.03. The molecule has 0 aliphatic carbocycles. The molecular formula is C18H21ClF2N3S+. The molecule has 0 fully saturated rings. The normalized spacial score (nSPS) is 12.1. The molecule has 0 aliphatic rings. The number of quaternary nitrogens is 1. The summed E-state index contributed by atoms with van der Waals surface area (Å²) in [6.07, 6.45) is 0. The van der Waals surface area contributed by atoms with Crippen molar-refractivity contribution >= 4 is 28.9 Å². The summed E-state index contributed by atoms with van der Waals surface area (Å²) in [6, 6.07) is 10.7. The number of likely N-dealkylation sites (N-methyl/N-ethyl adjacent to an activating group) is 1. The van der Waals surface area contributed by atoms with Gasteiger partial charge in [0, 0.05) is 6.54 Å². The summed E-state index contributed by atoms with van der Waals surface area (Å²) in [6.45, 7) is 0.907. The van der Waals surface area contributed by atoms with E-state index in [2.05, 4.69) is 10.6 Å². The lowest BCUT2D eigenvalue weighted by Crippen LogP contribution is -3.07. The molecule has 0 radical (unpaired) electrons. The van der Waals surface area contributed by atoms with Gasteiger partial charge in [0.05, 0.1) is 31.2 Å². The minimum absolute atomic E-state index is 0.195. The van der Waals surface area contributed by atoms with E-state index in [-0.39, 0.29) is 17.7 Å². The second-order valence-corrected chi connectivity index (χ2v) is 6.77. The Bertz CT molecular complexity index is 703. The number of halogens is 3. The van der Waals surface area contributed by atoms with Crippen LogP contribution >= 0.6 is 23.8 Å². The van der Waals surface area contributed by atoms with Gasteiger partial charge in [0.15, 0.2) is 5.11 Å². The van der Waals surface area contributed by atoms with Crippen molar-refractivity contribution < 1.29 is 13.7 Å². The minimum atomic E-state index is -0.328. The molecule has 0 bridgehead atoms. The number of hydrogen-bond acceptors (Lipinski definition) is 1. The number of benzene rings is 2. The van der Waals surface area contributed by atoms with Crippen LogP contribution in [0.25, 0.3) is 0 Å². The van der Waals surface area contributed by atoms with E-state index in [4.69, 9.17) is 23.8 Å². The number of nitrogens with one attached hydrogen (secondary N) is 3. The smallest absolute Gasteiger partial charge is 0.166 e. The van der Waals surface area contributed by atoms with Gasteiger partial charge in [-0.25, -0.2) is 8.78 Å².